The van der Waals surface area contributed by atoms with E-state index in [9.17, 15) is 0 Å². The number of nitrogens with one attached hydrogen (secondary N) is 1. The van der Waals surface area contributed by atoms with Gasteiger partial charge in [-0.15, -0.1) is 12.4 Å². The van der Waals surface area contributed by atoms with Crippen molar-refractivity contribution in [2.45, 2.75) is 19.6 Å². The smallest absolute Gasteiger partial charge is 0.161 e. The average molecular weight is 513 g/mol. The molecule has 33 heavy (non-hydrogen) atoms. The van der Waals surface area contributed by atoms with Crippen molar-refractivity contribution in [3.05, 3.63) is 81.3 Å². The fourth-order valence-corrected chi connectivity index (χ4v) is 3.55. The van der Waals surface area contributed by atoms with Gasteiger partial charge in [-0.25, -0.2) is 0 Å². The van der Waals surface area contributed by atoms with Gasteiger partial charge in [-0.05, 0) is 66.1 Å². The Balaban J connectivity index is 0.00000385. The lowest BCUT2D eigenvalue weighted by Gasteiger charge is -2.13. The molecule has 0 saturated heterocycles. The van der Waals surface area contributed by atoms with Crippen LogP contribution in [0.2, 0.25) is 10.0 Å². The lowest BCUT2D eigenvalue weighted by Crippen LogP contribution is -2.16. The normalized spacial score (nSPS) is 10.3. The number of rotatable bonds is 11. The molecular weight excluding hydrogens is 485 g/mol. The first kappa shape index (κ1) is 26.9. The van der Waals surface area contributed by atoms with E-state index in [1.807, 2.05) is 42.5 Å². The SMILES string of the molecule is COc1ccc(CCNCc2ccc(OCc3ccc(Cl)c(Cl)c3)c(OC)c2)cc1OC.Cl. The van der Waals surface area contributed by atoms with Crippen molar-refractivity contribution < 1.29 is 18.9 Å². The maximum atomic E-state index is 6.07. The molecule has 0 heterocycles. The zero-order valence-corrected chi connectivity index (χ0v) is 21.2. The molecule has 3 rings (SSSR count). The minimum Gasteiger partial charge on any atom is -0.493 e. The predicted octanol–water partition coefficient (Wildman–Crippen LogP) is 6.35. The summed E-state index contributed by atoms with van der Waals surface area (Å²) in [6.45, 7) is 1.92. The fraction of sp³-hybridized carbons (Fsp3) is 0.280. The highest BCUT2D eigenvalue weighted by molar-refractivity contribution is 6.42. The molecule has 0 bridgehead atoms. The first-order valence-corrected chi connectivity index (χ1v) is 10.9. The summed E-state index contributed by atoms with van der Waals surface area (Å²) in [7, 11) is 4.91. The van der Waals surface area contributed by atoms with Crippen LogP contribution < -0.4 is 24.3 Å². The van der Waals surface area contributed by atoms with Crippen LogP contribution in [0, 0.1) is 0 Å². The fourth-order valence-electron chi connectivity index (χ4n) is 3.23. The average Bonchev–Trinajstić information content (AvgIpc) is 2.82. The van der Waals surface area contributed by atoms with Gasteiger partial charge in [0.25, 0.3) is 0 Å². The van der Waals surface area contributed by atoms with Crippen LogP contribution in [0.4, 0.5) is 0 Å². The Bertz CT molecular complexity index is 1050. The molecule has 0 saturated carbocycles. The first-order valence-electron chi connectivity index (χ1n) is 10.2. The summed E-state index contributed by atoms with van der Waals surface area (Å²) in [5.74, 6) is 2.83. The van der Waals surface area contributed by atoms with Crippen molar-refractivity contribution in [2.24, 2.45) is 0 Å². The summed E-state index contributed by atoms with van der Waals surface area (Å²) in [4.78, 5) is 0. The van der Waals surface area contributed by atoms with Crippen LogP contribution in [0.1, 0.15) is 16.7 Å². The van der Waals surface area contributed by atoms with E-state index in [0.29, 0.717) is 28.2 Å². The van der Waals surface area contributed by atoms with Gasteiger partial charge in [-0.3, -0.25) is 0 Å². The monoisotopic (exact) mass is 511 g/mol. The van der Waals surface area contributed by atoms with Gasteiger partial charge in [0.1, 0.15) is 6.61 Å². The van der Waals surface area contributed by atoms with E-state index in [1.54, 1.807) is 33.5 Å². The van der Waals surface area contributed by atoms with Gasteiger partial charge < -0.3 is 24.3 Å². The Hall–Kier alpha value is -2.31. The van der Waals surface area contributed by atoms with Gasteiger partial charge in [-0.1, -0.05) is 41.4 Å². The van der Waals surface area contributed by atoms with Crippen LogP contribution >= 0.6 is 35.6 Å². The number of benzene rings is 3. The Labute approximate surface area is 211 Å². The lowest BCUT2D eigenvalue weighted by molar-refractivity contribution is 0.284. The second-order valence-corrected chi connectivity index (χ2v) is 7.95. The Kier molecular flexibility index (Phi) is 10.9. The van der Waals surface area contributed by atoms with Crippen molar-refractivity contribution in [1.82, 2.24) is 5.32 Å². The lowest BCUT2D eigenvalue weighted by atomic mass is 10.1. The third-order valence-corrected chi connectivity index (χ3v) is 5.71. The molecule has 0 unspecified atom stereocenters. The number of methoxy groups -OCH3 is 3. The Morgan fingerprint density at radius 3 is 1.97 bits per heavy atom. The van der Waals surface area contributed by atoms with E-state index in [4.69, 9.17) is 42.1 Å². The summed E-state index contributed by atoms with van der Waals surface area (Å²) in [6, 6.07) is 17.3. The molecule has 0 fully saturated rings. The Morgan fingerprint density at radius 1 is 0.667 bits per heavy atom. The van der Waals surface area contributed by atoms with Crippen LogP contribution in [0.3, 0.4) is 0 Å². The molecule has 0 amide bonds. The molecule has 8 heteroatoms. The molecule has 0 radical (unpaired) electrons. The third kappa shape index (κ3) is 7.61. The van der Waals surface area contributed by atoms with Crippen LogP contribution in [0.15, 0.2) is 54.6 Å². The molecule has 178 valence electrons. The minimum absolute atomic E-state index is 0. The quantitative estimate of drug-likeness (QED) is 0.303. The molecule has 0 atom stereocenters. The van der Waals surface area contributed by atoms with Crippen molar-refractivity contribution in [3.8, 4) is 23.0 Å². The zero-order valence-electron chi connectivity index (χ0n) is 18.8. The molecule has 0 spiro atoms. The maximum absolute atomic E-state index is 6.07. The van der Waals surface area contributed by atoms with E-state index in [-0.39, 0.29) is 12.4 Å². The number of hydrogen-bond donors (Lipinski definition) is 1. The highest BCUT2D eigenvalue weighted by Gasteiger charge is 2.08. The van der Waals surface area contributed by atoms with Crippen LogP contribution in [0.5, 0.6) is 23.0 Å². The van der Waals surface area contributed by atoms with Crippen molar-refractivity contribution in [2.75, 3.05) is 27.9 Å². The van der Waals surface area contributed by atoms with E-state index >= 15 is 0 Å². The highest BCUT2D eigenvalue weighted by Crippen LogP contribution is 2.30. The van der Waals surface area contributed by atoms with Gasteiger partial charge in [0, 0.05) is 6.54 Å². The summed E-state index contributed by atoms with van der Waals surface area (Å²) < 4.78 is 22.1. The second kappa shape index (κ2) is 13.4. The maximum Gasteiger partial charge on any atom is 0.161 e. The molecular formula is C25H28Cl3NO4. The van der Waals surface area contributed by atoms with E-state index in [1.165, 1.54) is 5.56 Å². The van der Waals surface area contributed by atoms with E-state index in [0.717, 1.165) is 42.1 Å². The molecule has 0 aliphatic rings. The summed E-state index contributed by atoms with van der Waals surface area (Å²) in [5.41, 5.74) is 3.22. The molecule has 0 aliphatic heterocycles. The summed E-state index contributed by atoms with van der Waals surface area (Å²) in [6.07, 6.45) is 0.877. The zero-order chi connectivity index (χ0) is 22.9. The molecule has 5 nitrogen and oxygen atoms in total. The number of hydrogen-bond acceptors (Lipinski definition) is 5. The first-order chi connectivity index (χ1) is 15.5. The van der Waals surface area contributed by atoms with E-state index < -0.39 is 0 Å². The summed E-state index contributed by atoms with van der Waals surface area (Å²) >= 11 is 12.0. The Morgan fingerprint density at radius 2 is 1.27 bits per heavy atom. The van der Waals surface area contributed by atoms with Crippen molar-refractivity contribution in [1.29, 1.82) is 0 Å². The number of ether oxygens (including phenoxy) is 4. The van der Waals surface area contributed by atoms with Crippen LogP contribution in [-0.2, 0) is 19.6 Å². The largest absolute Gasteiger partial charge is 0.493 e. The predicted molar refractivity (Wildman–Crippen MR) is 136 cm³/mol. The van der Waals surface area contributed by atoms with Gasteiger partial charge in [0.15, 0.2) is 23.0 Å². The van der Waals surface area contributed by atoms with Crippen LogP contribution in [-0.4, -0.2) is 27.9 Å². The van der Waals surface area contributed by atoms with Gasteiger partial charge in [0.2, 0.25) is 0 Å². The third-order valence-electron chi connectivity index (χ3n) is 4.97. The molecule has 3 aromatic rings. The topological polar surface area (TPSA) is 49.0 Å². The van der Waals surface area contributed by atoms with Gasteiger partial charge >= 0.3 is 0 Å². The minimum atomic E-state index is 0. The summed E-state index contributed by atoms with van der Waals surface area (Å²) in [5, 5.41) is 4.49. The van der Waals surface area contributed by atoms with Crippen molar-refractivity contribution >= 4 is 35.6 Å². The molecule has 3 aromatic carbocycles. The second-order valence-electron chi connectivity index (χ2n) is 7.14. The number of halogens is 3. The van der Waals surface area contributed by atoms with E-state index in [2.05, 4.69) is 5.32 Å². The van der Waals surface area contributed by atoms with Crippen molar-refractivity contribution in [3.63, 3.8) is 0 Å². The standard InChI is InChI=1S/C25H27Cl2NO4.ClH/c1-29-22-8-5-17(13-24(22)30-2)10-11-28-15-18-6-9-23(25(14-18)31-3)32-16-19-4-7-20(26)21(27)12-19;/h4-9,12-14,28H,10-11,15-16H2,1-3H3;1H. The highest BCUT2D eigenvalue weighted by atomic mass is 35.5. The van der Waals surface area contributed by atoms with Gasteiger partial charge in [0.05, 0.1) is 31.4 Å². The molecule has 0 aliphatic carbocycles. The van der Waals surface area contributed by atoms with Crippen LogP contribution in [0.25, 0.3) is 0 Å². The molecule has 0 aromatic heterocycles. The molecule has 1 N–H and O–H groups in total. The van der Waals surface area contributed by atoms with Gasteiger partial charge in [-0.2, -0.15) is 0 Å².